The third-order valence-electron chi connectivity index (χ3n) is 4.13. The van der Waals surface area contributed by atoms with Gasteiger partial charge in [0, 0.05) is 30.7 Å². The van der Waals surface area contributed by atoms with Crippen LogP contribution in [0.5, 0.6) is 0 Å². The molecule has 1 aliphatic rings. The summed E-state index contributed by atoms with van der Waals surface area (Å²) in [6.07, 6.45) is 1.18. The Balaban J connectivity index is 1.66. The number of hydrogen-bond acceptors (Lipinski definition) is 9. The van der Waals surface area contributed by atoms with E-state index in [1.807, 2.05) is 0 Å². The number of benzene rings is 2. The molecule has 12 nitrogen and oxygen atoms in total. The number of nitrogens with zero attached hydrogens (tertiary/aromatic N) is 5. The second-order valence-corrected chi connectivity index (χ2v) is 7.41. The van der Waals surface area contributed by atoms with E-state index in [1.54, 1.807) is 0 Å². The second-order valence-electron chi connectivity index (χ2n) is 6.19. The van der Waals surface area contributed by atoms with Crippen molar-refractivity contribution in [2.75, 3.05) is 4.90 Å². The molecule has 1 aliphatic heterocycles. The van der Waals surface area contributed by atoms with Crippen LogP contribution in [0.25, 0.3) is 0 Å². The molecule has 1 atom stereocenters. The predicted molar refractivity (Wildman–Crippen MR) is 114 cm³/mol. The van der Waals surface area contributed by atoms with Crippen molar-refractivity contribution in [2.24, 2.45) is 15.9 Å². The predicted octanol–water partition coefficient (Wildman–Crippen LogP) is 2.22. The SMILES string of the molecule is NC(=NN=Cc1ccc([N+](=O)[O-])cc1)SC1CC(=O)N(c2cccc([N+](=O)[O-])c2)C1=O. The van der Waals surface area contributed by atoms with Crippen molar-refractivity contribution < 1.29 is 19.4 Å². The average Bonchev–Trinajstić information content (AvgIpc) is 3.01. The Morgan fingerprint density at radius 3 is 2.42 bits per heavy atom. The van der Waals surface area contributed by atoms with E-state index in [9.17, 15) is 29.8 Å². The van der Waals surface area contributed by atoms with E-state index < -0.39 is 26.9 Å². The first-order chi connectivity index (χ1) is 14.8. The molecule has 2 amide bonds. The van der Waals surface area contributed by atoms with Crippen LogP contribution >= 0.6 is 11.8 Å². The van der Waals surface area contributed by atoms with Gasteiger partial charge < -0.3 is 5.73 Å². The van der Waals surface area contributed by atoms with Crippen LogP contribution in [0.1, 0.15) is 12.0 Å². The lowest BCUT2D eigenvalue weighted by atomic mass is 10.2. The maximum absolute atomic E-state index is 12.6. The van der Waals surface area contributed by atoms with Gasteiger partial charge in [0.1, 0.15) is 5.25 Å². The number of thioether (sulfide) groups is 1. The molecule has 2 aromatic rings. The first-order valence-corrected chi connectivity index (χ1v) is 9.53. The Morgan fingerprint density at radius 2 is 1.77 bits per heavy atom. The molecule has 0 radical (unpaired) electrons. The molecule has 1 unspecified atom stereocenters. The molecule has 0 bridgehead atoms. The van der Waals surface area contributed by atoms with Crippen molar-refractivity contribution in [1.29, 1.82) is 0 Å². The van der Waals surface area contributed by atoms with Crippen molar-refractivity contribution in [2.45, 2.75) is 11.7 Å². The third kappa shape index (κ3) is 5.08. The molecule has 0 aliphatic carbocycles. The molecule has 158 valence electrons. The Labute approximate surface area is 178 Å². The minimum atomic E-state index is -0.843. The number of amidine groups is 1. The molecule has 0 saturated carbocycles. The summed E-state index contributed by atoms with van der Waals surface area (Å²) in [5.41, 5.74) is 6.14. The highest BCUT2D eigenvalue weighted by atomic mass is 32.2. The number of anilines is 1. The van der Waals surface area contributed by atoms with Crippen molar-refractivity contribution in [3.63, 3.8) is 0 Å². The van der Waals surface area contributed by atoms with E-state index in [2.05, 4.69) is 10.2 Å². The molecule has 3 rings (SSSR count). The number of carbonyl (C=O) groups is 2. The average molecular weight is 442 g/mol. The highest BCUT2D eigenvalue weighted by molar-refractivity contribution is 8.14. The topological polar surface area (TPSA) is 174 Å². The van der Waals surface area contributed by atoms with Crippen LogP contribution < -0.4 is 10.6 Å². The molecule has 0 spiro atoms. The zero-order chi connectivity index (χ0) is 22.5. The zero-order valence-electron chi connectivity index (χ0n) is 15.7. The Morgan fingerprint density at radius 1 is 1.10 bits per heavy atom. The normalized spacial score (nSPS) is 16.8. The molecular weight excluding hydrogens is 428 g/mol. The van der Waals surface area contributed by atoms with Gasteiger partial charge in [-0.15, -0.1) is 5.10 Å². The minimum Gasteiger partial charge on any atom is -0.377 e. The number of rotatable bonds is 6. The fraction of sp³-hybridized carbons (Fsp3) is 0.111. The molecule has 31 heavy (non-hydrogen) atoms. The summed E-state index contributed by atoms with van der Waals surface area (Å²) >= 11 is 0.848. The number of nitro groups is 2. The van der Waals surface area contributed by atoms with Crippen molar-refractivity contribution in [3.05, 3.63) is 74.3 Å². The number of amides is 2. The van der Waals surface area contributed by atoms with Crippen LogP contribution in [0.15, 0.2) is 58.7 Å². The van der Waals surface area contributed by atoms with Gasteiger partial charge in [0.15, 0.2) is 5.17 Å². The van der Waals surface area contributed by atoms with Gasteiger partial charge in [-0.05, 0) is 23.8 Å². The number of nitrogens with two attached hydrogens (primary N) is 1. The van der Waals surface area contributed by atoms with E-state index in [-0.39, 0.29) is 28.7 Å². The lowest BCUT2D eigenvalue weighted by Crippen LogP contribution is -2.31. The molecule has 13 heteroatoms. The summed E-state index contributed by atoms with van der Waals surface area (Å²) in [4.78, 5) is 46.2. The summed E-state index contributed by atoms with van der Waals surface area (Å²) in [6.45, 7) is 0. The van der Waals surface area contributed by atoms with Crippen LogP contribution in [0.2, 0.25) is 0 Å². The monoisotopic (exact) mass is 442 g/mol. The highest BCUT2D eigenvalue weighted by Crippen LogP contribution is 2.31. The first-order valence-electron chi connectivity index (χ1n) is 8.65. The van der Waals surface area contributed by atoms with Gasteiger partial charge in [0.25, 0.3) is 11.4 Å². The number of nitro benzene ring substituents is 2. The maximum Gasteiger partial charge on any atom is 0.271 e. The minimum absolute atomic E-state index is 0.0616. The van der Waals surface area contributed by atoms with Gasteiger partial charge in [-0.1, -0.05) is 17.8 Å². The van der Waals surface area contributed by atoms with Crippen LogP contribution in [-0.4, -0.2) is 38.3 Å². The van der Waals surface area contributed by atoms with Crippen LogP contribution in [-0.2, 0) is 9.59 Å². The maximum atomic E-state index is 12.6. The highest BCUT2D eigenvalue weighted by Gasteiger charge is 2.41. The quantitative estimate of drug-likeness (QED) is 0.233. The van der Waals surface area contributed by atoms with Crippen molar-refractivity contribution in [3.8, 4) is 0 Å². The largest absolute Gasteiger partial charge is 0.377 e. The van der Waals surface area contributed by atoms with Gasteiger partial charge >= 0.3 is 0 Å². The lowest BCUT2D eigenvalue weighted by molar-refractivity contribution is -0.385. The standard InChI is InChI=1S/C18H14N6O6S/c19-18(21-20-10-11-4-6-12(7-5-11)23(27)28)31-15-9-16(25)22(17(15)26)13-2-1-3-14(8-13)24(29)30/h1-8,10,15H,9H2,(H2,19,21). The number of carbonyl (C=O) groups excluding carboxylic acids is 2. The van der Waals surface area contributed by atoms with Gasteiger partial charge in [-0.2, -0.15) is 5.10 Å². The number of imide groups is 1. The molecule has 1 heterocycles. The summed E-state index contributed by atoms with van der Waals surface area (Å²) in [5.74, 6) is -1.07. The Kier molecular flexibility index (Phi) is 6.35. The van der Waals surface area contributed by atoms with Crippen LogP contribution in [0.3, 0.4) is 0 Å². The van der Waals surface area contributed by atoms with Crippen molar-refractivity contribution in [1.82, 2.24) is 0 Å². The van der Waals surface area contributed by atoms with Crippen molar-refractivity contribution >= 4 is 52.0 Å². The van der Waals surface area contributed by atoms with Gasteiger partial charge in [-0.25, -0.2) is 4.90 Å². The van der Waals surface area contributed by atoms with E-state index in [4.69, 9.17) is 5.73 Å². The van der Waals surface area contributed by atoms with E-state index in [0.29, 0.717) is 5.56 Å². The van der Waals surface area contributed by atoms with E-state index >= 15 is 0 Å². The Bertz CT molecular complexity index is 1120. The lowest BCUT2D eigenvalue weighted by Gasteiger charge is -2.14. The summed E-state index contributed by atoms with van der Waals surface area (Å²) in [6, 6.07) is 10.8. The van der Waals surface area contributed by atoms with Gasteiger partial charge in [0.2, 0.25) is 11.8 Å². The van der Waals surface area contributed by atoms with E-state index in [1.165, 1.54) is 48.7 Å². The smallest absolute Gasteiger partial charge is 0.271 e. The van der Waals surface area contributed by atoms with Crippen LogP contribution in [0, 0.1) is 20.2 Å². The Hall–Kier alpha value is -4.13. The fourth-order valence-electron chi connectivity index (χ4n) is 2.72. The fourth-order valence-corrected chi connectivity index (χ4v) is 3.53. The summed E-state index contributed by atoms with van der Waals surface area (Å²) < 4.78 is 0. The van der Waals surface area contributed by atoms with Gasteiger partial charge in [0.05, 0.1) is 21.7 Å². The van der Waals surface area contributed by atoms with Crippen LogP contribution in [0.4, 0.5) is 17.1 Å². The zero-order valence-corrected chi connectivity index (χ0v) is 16.5. The summed E-state index contributed by atoms with van der Waals surface area (Å²) in [7, 11) is 0. The summed E-state index contributed by atoms with van der Waals surface area (Å²) in [5, 5.41) is 28.2. The molecule has 2 aromatic carbocycles. The third-order valence-corrected chi connectivity index (χ3v) is 5.11. The van der Waals surface area contributed by atoms with Gasteiger partial charge in [-0.3, -0.25) is 29.8 Å². The first kappa shape index (κ1) is 21.6. The van der Waals surface area contributed by atoms with E-state index in [0.717, 1.165) is 22.7 Å². The molecule has 1 saturated heterocycles. The number of hydrogen-bond donors (Lipinski definition) is 1. The number of non-ortho nitro benzene ring substituents is 2. The molecule has 1 fully saturated rings. The molecule has 2 N–H and O–H groups in total. The second kappa shape index (κ2) is 9.13. The molecular formula is C18H14N6O6S. The molecule has 0 aromatic heterocycles.